The van der Waals surface area contributed by atoms with Crippen molar-refractivity contribution in [2.24, 2.45) is 0 Å². The van der Waals surface area contributed by atoms with Crippen LogP contribution in [0.5, 0.6) is 0 Å². The predicted molar refractivity (Wildman–Crippen MR) is 103 cm³/mol. The predicted octanol–water partition coefficient (Wildman–Crippen LogP) is -5.40. The molecule has 0 fully saturated rings. The van der Waals surface area contributed by atoms with E-state index in [4.69, 9.17) is 123 Å². The van der Waals surface area contributed by atoms with E-state index >= 15 is 0 Å². The average molecular weight is 770 g/mol. The van der Waals surface area contributed by atoms with Gasteiger partial charge in [-0.1, -0.05) is 0 Å². The third-order valence-electron chi connectivity index (χ3n) is 0. The van der Waals surface area contributed by atoms with Crippen LogP contribution < -0.4 is 0 Å². The van der Waals surface area contributed by atoms with Crippen molar-refractivity contribution in [1.29, 1.82) is 0 Å². The smallest absolute Gasteiger partial charge is 0.394 e. The third kappa shape index (κ3) is 379000. The zero-order valence-corrected chi connectivity index (χ0v) is 24.7. The van der Waals surface area contributed by atoms with E-state index in [9.17, 15) is 0 Å². The zero-order chi connectivity index (χ0) is 31.5. The summed E-state index contributed by atoms with van der Waals surface area (Å²) >= 11 is 0. The van der Waals surface area contributed by atoms with Crippen LogP contribution >= 0.6 is 0 Å². The second-order valence-corrected chi connectivity index (χ2v) is 9.40. The molecular weight excluding hydrogens is 754 g/mol. The summed E-state index contributed by atoms with van der Waals surface area (Å²) in [6, 6.07) is 0. The fourth-order valence-corrected chi connectivity index (χ4v) is 0. The van der Waals surface area contributed by atoms with Crippen molar-refractivity contribution >= 4 is 72.8 Å². The molecule has 0 aromatic heterocycles. The van der Waals surface area contributed by atoms with E-state index in [-0.39, 0.29) is 25.0 Å². The summed E-state index contributed by atoms with van der Waals surface area (Å²) in [6.07, 6.45) is 0. The molecule has 234 valence electrons. The molecule has 0 atom stereocenters. The summed E-state index contributed by atoms with van der Waals surface area (Å²) in [5, 5.41) is 0. The van der Waals surface area contributed by atoms with E-state index in [2.05, 4.69) is 0 Å². The Hall–Kier alpha value is -0.327. The van der Waals surface area contributed by atoms with E-state index < -0.39 is 72.8 Å². The van der Waals surface area contributed by atoms with Crippen LogP contribution in [0.15, 0.2) is 0 Å². The molecule has 0 spiro atoms. The average Bonchev–Trinajstić information content (AvgIpc) is 2.06. The molecule has 0 amide bonds. The number of rotatable bonds is 0. The first kappa shape index (κ1) is 60.9. The van der Waals surface area contributed by atoms with Crippen molar-refractivity contribution in [2.75, 3.05) is 0 Å². The first-order chi connectivity index (χ1) is 14.0. The molecule has 37 heavy (non-hydrogen) atoms. The molecule has 16 N–H and O–H groups in total. The maximum Gasteiger partial charge on any atom is 0.394 e. The van der Waals surface area contributed by atoms with Crippen LogP contribution in [0.2, 0.25) is 0 Å². The van der Waals surface area contributed by atoms with Crippen LogP contribution in [0.1, 0.15) is 0 Å². The van der Waals surface area contributed by atoms with Gasteiger partial charge in [0.05, 0.1) is 0 Å². The van der Waals surface area contributed by atoms with E-state index in [0.717, 1.165) is 0 Å². The van der Waals surface area contributed by atoms with Gasteiger partial charge in [0, 0.05) is 19.5 Å². The molecule has 0 heterocycles. The molecule has 0 aromatic carbocycles. The summed E-state index contributed by atoms with van der Waals surface area (Å²) in [5.41, 5.74) is 0. The largest absolute Gasteiger partial charge is 0.412 e. The van der Waals surface area contributed by atoms with Gasteiger partial charge in [0.15, 0.2) is 0 Å². The van der Waals surface area contributed by atoms with Gasteiger partial charge in [0.2, 0.25) is 0 Å². The standard InChI is InChI=1S/7H2O4S.H2O.Zn/c7*1-5(2,3)4;;/h7*(H2,1,2,3,4);1H2;. The fraction of sp³-hybridized carbons (Fsp3) is 0. The SMILES string of the molecule is O.O=S(=O)(O)O.O=S(=O)(O)O.O=S(=O)(O)O.O=S(=O)(O)O.O=S(=O)(O)O.O=S(=O)(O)O.O=S(=O)(O)O.[Zn]. The second kappa shape index (κ2) is 24.7. The molecule has 0 aromatic rings. The molecule has 29 nitrogen and oxygen atoms in total. The Labute approximate surface area is 219 Å². The molecule has 37 heteroatoms. The summed E-state index contributed by atoms with van der Waals surface area (Å²) < 4.78 is 221. The summed E-state index contributed by atoms with van der Waals surface area (Å²) in [7, 11) is -32.7. The maximum absolute atomic E-state index is 8.74. The summed E-state index contributed by atoms with van der Waals surface area (Å²) in [4.78, 5) is 0. The summed E-state index contributed by atoms with van der Waals surface area (Å²) in [6.45, 7) is 0. The van der Waals surface area contributed by atoms with E-state index in [0.29, 0.717) is 0 Å². The Balaban J connectivity index is -0.0000000350. The van der Waals surface area contributed by atoms with Gasteiger partial charge in [-0.2, -0.15) is 58.9 Å². The third-order valence-corrected chi connectivity index (χ3v) is 0. The van der Waals surface area contributed by atoms with Crippen LogP contribution in [0, 0.1) is 0 Å². The van der Waals surface area contributed by atoms with Gasteiger partial charge in [-0.05, 0) is 0 Å². The van der Waals surface area contributed by atoms with Gasteiger partial charge in [0.1, 0.15) is 0 Å². The van der Waals surface area contributed by atoms with Crippen LogP contribution in [0.4, 0.5) is 0 Å². The Kier molecular flexibility index (Phi) is 40.7. The quantitative estimate of drug-likeness (QED) is 0.0807. The van der Waals surface area contributed by atoms with Gasteiger partial charge < -0.3 is 5.48 Å². The topological polar surface area (TPSA) is 554 Å². The van der Waals surface area contributed by atoms with Crippen molar-refractivity contribution in [3.63, 3.8) is 0 Å². The minimum atomic E-state index is -4.67. The van der Waals surface area contributed by atoms with Gasteiger partial charge in [-0.15, -0.1) is 0 Å². The van der Waals surface area contributed by atoms with E-state index in [1.807, 2.05) is 0 Å². The molecule has 0 saturated heterocycles. The Morgan fingerprint density at radius 2 is 0.216 bits per heavy atom. The normalized spacial score (nSPS) is 11.0. The molecule has 0 rings (SSSR count). The zero-order valence-electron chi connectivity index (χ0n) is 16.0. The fourth-order valence-electron chi connectivity index (χ4n) is 0. The van der Waals surface area contributed by atoms with Gasteiger partial charge in [0.25, 0.3) is 0 Å². The van der Waals surface area contributed by atoms with Crippen molar-refractivity contribution in [3.8, 4) is 0 Å². The molecular formula is H16O29S7Zn. The minimum absolute atomic E-state index is 0. The molecule has 0 radical (unpaired) electrons. The van der Waals surface area contributed by atoms with Gasteiger partial charge >= 0.3 is 72.8 Å². The monoisotopic (exact) mass is 768 g/mol. The molecule has 0 aliphatic rings. The first-order valence-electron chi connectivity index (χ1n) is 4.89. The molecule has 0 unspecified atom stereocenters. The maximum atomic E-state index is 8.74. The van der Waals surface area contributed by atoms with Crippen LogP contribution in [0.25, 0.3) is 0 Å². The van der Waals surface area contributed by atoms with Crippen molar-refractivity contribution in [1.82, 2.24) is 0 Å². The molecule has 0 saturated carbocycles. The molecule has 0 bridgehead atoms. The number of hydrogen-bond acceptors (Lipinski definition) is 14. The Morgan fingerprint density at radius 3 is 0.216 bits per heavy atom. The second-order valence-electron chi connectivity index (χ2n) is 3.13. The van der Waals surface area contributed by atoms with Crippen LogP contribution in [0.3, 0.4) is 0 Å². The van der Waals surface area contributed by atoms with Gasteiger partial charge in [-0.25, -0.2) is 0 Å². The Bertz CT molecular complexity index is 909. The number of hydrogen-bond donors (Lipinski definition) is 14. The first-order valence-corrected chi connectivity index (χ1v) is 14.7. The molecule has 0 aliphatic heterocycles. The van der Waals surface area contributed by atoms with Crippen molar-refractivity contribution in [3.05, 3.63) is 0 Å². The van der Waals surface area contributed by atoms with Crippen LogP contribution in [-0.2, 0) is 92.3 Å². The van der Waals surface area contributed by atoms with Crippen molar-refractivity contribution in [2.45, 2.75) is 0 Å². The minimum Gasteiger partial charge on any atom is -0.412 e. The molecule has 0 aliphatic carbocycles. The van der Waals surface area contributed by atoms with E-state index in [1.54, 1.807) is 0 Å². The Morgan fingerprint density at radius 1 is 0.216 bits per heavy atom. The van der Waals surface area contributed by atoms with E-state index in [1.165, 1.54) is 0 Å². The summed E-state index contributed by atoms with van der Waals surface area (Å²) in [5.74, 6) is 0. The van der Waals surface area contributed by atoms with Gasteiger partial charge in [-0.3, -0.25) is 63.7 Å². The van der Waals surface area contributed by atoms with Crippen LogP contribution in [-0.4, -0.2) is 128 Å². The van der Waals surface area contributed by atoms with Crippen molar-refractivity contribution < 1.29 is 148 Å².